The van der Waals surface area contributed by atoms with Crippen LogP contribution in [0.1, 0.15) is 40.6 Å². The van der Waals surface area contributed by atoms with Gasteiger partial charge in [0.05, 0.1) is 20.3 Å². The standard InChI is InChI=1S/C26H25N3O4/c1-16-24(28-33-27-16)22-10-6-14-29(22)26(30)18-12-13-19-17(15-18)7-4-8-20(19)21-9-5-11-23(31-2)25(21)32-3/h4-5,7-9,11-13,15,22H,6,10,14H2,1-3H3. The van der Waals surface area contributed by atoms with Crippen LogP contribution in [0.2, 0.25) is 0 Å². The normalized spacial score (nSPS) is 15.7. The maximum absolute atomic E-state index is 13.5. The van der Waals surface area contributed by atoms with E-state index in [2.05, 4.69) is 16.4 Å². The molecule has 7 heteroatoms. The molecule has 1 saturated heterocycles. The van der Waals surface area contributed by atoms with Gasteiger partial charge in [-0.3, -0.25) is 4.79 Å². The topological polar surface area (TPSA) is 77.7 Å². The summed E-state index contributed by atoms with van der Waals surface area (Å²) in [5, 5.41) is 9.96. The number of benzene rings is 3. The molecule has 1 fully saturated rings. The maximum atomic E-state index is 13.5. The van der Waals surface area contributed by atoms with E-state index in [1.54, 1.807) is 14.2 Å². The van der Waals surface area contributed by atoms with Crippen molar-refractivity contribution in [1.82, 2.24) is 15.2 Å². The minimum absolute atomic E-state index is 0.00818. The van der Waals surface area contributed by atoms with Crippen molar-refractivity contribution in [1.29, 1.82) is 0 Å². The number of nitrogens with zero attached hydrogens (tertiary/aromatic N) is 3. The molecule has 1 aromatic heterocycles. The number of carbonyl (C=O) groups is 1. The molecule has 4 aromatic rings. The summed E-state index contributed by atoms with van der Waals surface area (Å²) in [5.74, 6) is 1.35. The molecule has 2 heterocycles. The molecule has 0 N–H and O–H groups in total. The van der Waals surface area contributed by atoms with E-state index in [0.717, 1.165) is 46.1 Å². The molecule has 0 saturated carbocycles. The predicted octanol–water partition coefficient (Wildman–Crippen LogP) is 5.19. The molecule has 0 aliphatic carbocycles. The Bertz CT molecular complexity index is 1330. The maximum Gasteiger partial charge on any atom is 0.254 e. The van der Waals surface area contributed by atoms with Gasteiger partial charge < -0.3 is 14.4 Å². The highest BCUT2D eigenvalue weighted by molar-refractivity contribution is 6.03. The molecule has 1 aliphatic heterocycles. The number of aryl methyl sites for hydroxylation is 1. The van der Waals surface area contributed by atoms with Gasteiger partial charge in [0.25, 0.3) is 5.91 Å². The van der Waals surface area contributed by atoms with Crippen LogP contribution in [0.4, 0.5) is 0 Å². The quantitative estimate of drug-likeness (QED) is 0.422. The molecular formula is C26H25N3O4. The Labute approximate surface area is 191 Å². The number of hydrogen-bond acceptors (Lipinski definition) is 6. The molecule has 7 nitrogen and oxygen atoms in total. The van der Waals surface area contributed by atoms with E-state index in [-0.39, 0.29) is 11.9 Å². The number of carbonyl (C=O) groups excluding carboxylic acids is 1. The molecule has 5 rings (SSSR count). The fourth-order valence-corrected chi connectivity index (χ4v) is 4.75. The SMILES string of the molecule is COc1cccc(-c2cccc3cc(C(=O)N4CCCC4c4nonc4C)ccc23)c1OC. The Hall–Kier alpha value is -3.87. The van der Waals surface area contributed by atoms with Gasteiger partial charge in [-0.05, 0) is 54.3 Å². The number of likely N-dealkylation sites (tertiary alicyclic amines) is 1. The van der Waals surface area contributed by atoms with Crippen LogP contribution in [0.15, 0.2) is 59.2 Å². The van der Waals surface area contributed by atoms with Gasteiger partial charge >= 0.3 is 0 Å². The fourth-order valence-electron chi connectivity index (χ4n) is 4.75. The van der Waals surface area contributed by atoms with Gasteiger partial charge in [-0.1, -0.05) is 46.7 Å². The third-order valence-electron chi connectivity index (χ3n) is 6.34. The van der Waals surface area contributed by atoms with Gasteiger partial charge in [0.1, 0.15) is 11.4 Å². The number of hydrogen-bond donors (Lipinski definition) is 0. The largest absolute Gasteiger partial charge is 0.493 e. The number of methoxy groups -OCH3 is 2. The Balaban J connectivity index is 1.53. The lowest BCUT2D eigenvalue weighted by Crippen LogP contribution is -2.31. The van der Waals surface area contributed by atoms with E-state index in [1.807, 2.05) is 60.4 Å². The molecule has 1 atom stereocenters. The lowest BCUT2D eigenvalue weighted by Gasteiger charge is -2.23. The first kappa shape index (κ1) is 21.0. The van der Waals surface area contributed by atoms with Gasteiger partial charge in [-0.15, -0.1) is 0 Å². The summed E-state index contributed by atoms with van der Waals surface area (Å²) in [6.45, 7) is 2.55. The fraction of sp³-hybridized carbons (Fsp3) is 0.269. The van der Waals surface area contributed by atoms with E-state index in [1.165, 1.54) is 0 Å². The minimum Gasteiger partial charge on any atom is -0.493 e. The monoisotopic (exact) mass is 443 g/mol. The van der Waals surface area contributed by atoms with Gasteiger partial charge in [0.15, 0.2) is 11.5 Å². The highest BCUT2D eigenvalue weighted by atomic mass is 16.6. The zero-order valence-electron chi connectivity index (χ0n) is 18.9. The number of fused-ring (bicyclic) bond motifs is 1. The van der Waals surface area contributed by atoms with Crippen LogP contribution in [0.3, 0.4) is 0 Å². The van der Waals surface area contributed by atoms with Crippen LogP contribution < -0.4 is 9.47 Å². The van der Waals surface area contributed by atoms with Crippen LogP contribution in [0.5, 0.6) is 11.5 Å². The van der Waals surface area contributed by atoms with E-state index in [0.29, 0.717) is 23.6 Å². The van der Waals surface area contributed by atoms with Crippen molar-refractivity contribution in [2.75, 3.05) is 20.8 Å². The number of amides is 1. The van der Waals surface area contributed by atoms with Crippen LogP contribution in [0, 0.1) is 6.92 Å². The van der Waals surface area contributed by atoms with Crippen molar-refractivity contribution >= 4 is 16.7 Å². The summed E-state index contributed by atoms with van der Waals surface area (Å²) in [5.41, 5.74) is 4.09. The number of rotatable bonds is 5. The van der Waals surface area contributed by atoms with Crippen molar-refractivity contribution in [3.8, 4) is 22.6 Å². The summed E-state index contributed by atoms with van der Waals surface area (Å²) in [6, 6.07) is 17.7. The minimum atomic E-state index is -0.105. The van der Waals surface area contributed by atoms with Crippen LogP contribution in [-0.2, 0) is 0 Å². The van der Waals surface area contributed by atoms with Gasteiger partial charge in [0, 0.05) is 17.7 Å². The van der Waals surface area contributed by atoms with Crippen LogP contribution >= 0.6 is 0 Å². The molecule has 0 bridgehead atoms. The average Bonchev–Trinajstić information content (AvgIpc) is 3.50. The highest BCUT2D eigenvalue weighted by Gasteiger charge is 2.34. The van der Waals surface area contributed by atoms with Gasteiger partial charge in [-0.2, -0.15) is 0 Å². The summed E-state index contributed by atoms with van der Waals surface area (Å²) in [4.78, 5) is 15.3. The smallest absolute Gasteiger partial charge is 0.254 e. The lowest BCUT2D eigenvalue weighted by molar-refractivity contribution is 0.0730. The third kappa shape index (κ3) is 3.59. The van der Waals surface area contributed by atoms with Gasteiger partial charge in [0.2, 0.25) is 0 Å². The Morgan fingerprint density at radius 3 is 2.61 bits per heavy atom. The second-order valence-corrected chi connectivity index (χ2v) is 8.17. The summed E-state index contributed by atoms with van der Waals surface area (Å²) >= 11 is 0. The molecule has 1 aliphatic rings. The van der Waals surface area contributed by atoms with Crippen molar-refractivity contribution in [3.05, 3.63) is 71.5 Å². The lowest BCUT2D eigenvalue weighted by atomic mass is 9.95. The Morgan fingerprint density at radius 1 is 1.03 bits per heavy atom. The molecule has 0 radical (unpaired) electrons. The van der Waals surface area contributed by atoms with Crippen molar-refractivity contribution < 1.29 is 18.9 Å². The van der Waals surface area contributed by atoms with Crippen molar-refractivity contribution in [2.24, 2.45) is 0 Å². The second-order valence-electron chi connectivity index (χ2n) is 8.17. The first-order valence-electron chi connectivity index (χ1n) is 11.0. The molecule has 3 aromatic carbocycles. The summed E-state index contributed by atoms with van der Waals surface area (Å²) in [6.07, 6.45) is 1.78. The second kappa shape index (κ2) is 8.58. The van der Waals surface area contributed by atoms with E-state index in [4.69, 9.17) is 14.1 Å². The third-order valence-corrected chi connectivity index (χ3v) is 6.34. The molecular weight excluding hydrogens is 418 g/mol. The molecule has 1 unspecified atom stereocenters. The zero-order valence-corrected chi connectivity index (χ0v) is 18.9. The van der Waals surface area contributed by atoms with Crippen LogP contribution in [-0.4, -0.2) is 41.9 Å². The number of aromatic nitrogens is 2. The first-order valence-corrected chi connectivity index (χ1v) is 11.0. The Kier molecular flexibility index (Phi) is 5.46. The highest BCUT2D eigenvalue weighted by Crippen LogP contribution is 2.41. The number of para-hydroxylation sites is 1. The van der Waals surface area contributed by atoms with Crippen LogP contribution in [0.25, 0.3) is 21.9 Å². The average molecular weight is 444 g/mol. The van der Waals surface area contributed by atoms with Gasteiger partial charge in [-0.25, -0.2) is 4.63 Å². The molecule has 1 amide bonds. The zero-order chi connectivity index (χ0) is 22.9. The molecule has 33 heavy (non-hydrogen) atoms. The van der Waals surface area contributed by atoms with E-state index in [9.17, 15) is 4.79 Å². The van der Waals surface area contributed by atoms with Crippen molar-refractivity contribution in [2.45, 2.75) is 25.8 Å². The van der Waals surface area contributed by atoms with E-state index < -0.39 is 0 Å². The summed E-state index contributed by atoms with van der Waals surface area (Å²) < 4.78 is 16.0. The molecule has 168 valence electrons. The first-order chi connectivity index (χ1) is 16.1. The Morgan fingerprint density at radius 2 is 1.85 bits per heavy atom. The van der Waals surface area contributed by atoms with E-state index >= 15 is 0 Å². The van der Waals surface area contributed by atoms with Crippen molar-refractivity contribution in [3.63, 3.8) is 0 Å². The summed E-state index contributed by atoms with van der Waals surface area (Å²) in [7, 11) is 3.27. The number of ether oxygens (including phenoxy) is 2. The molecule has 0 spiro atoms. The predicted molar refractivity (Wildman–Crippen MR) is 125 cm³/mol.